The van der Waals surface area contributed by atoms with E-state index in [2.05, 4.69) is 44.2 Å². The second-order valence-corrected chi connectivity index (χ2v) is 13.8. The Hall–Kier alpha value is -2.38. The van der Waals surface area contributed by atoms with Crippen molar-refractivity contribution < 1.29 is 18.7 Å². The van der Waals surface area contributed by atoms with Gasteiger partial charge >= 0.3 is 6.09 Å². The highest BCUT2D eigenvalue weighted by molar-refractivity contribution is 6.74. The molecule has 6 nitrogen and oxygen atoms in total. The molecule has 1 amide bonds. The number of aryl methyl sites for hydroxylation is 1. The van der Waals surface area contributed by atoms with Crippen LogP contribution in [0.15, 0.2) is 30.5 Å². The average molecular weight is 431 g/mol. The fourth-order valence-corrected chi connectivity index (χ4v) is 3.69. The SMILES string of the molecule is COc1c(C)cnc(CNC(=O)Oc2cccc(CO[Si](C)(C)C(C)(C)C)c2)c1C. The van der Waals surface area contributed by atoms with Crippen molar-refractivity contribution in [2.45, 2.75) is 65.9 Å². The van der Waals surface area contributed by atoms with Crippen LogP contribution in [0.25, 0.3) is 0 Å². The Bertz CT molecular complexity index is 891. The lowest BCUT2D eigenvalue weighted by molar-refractivity contribution is 0.199. The van der Waals surface area contributed by atoms with Crippen LogP contribution < -0.4 is 14.8 Å². The summed E-state index contributed by atoms with van der Waals surface area (Å²) < 4.78 is 17.1. The minimum atomic E-state index is -1.84. The Kier molecular flexibility index (Phi) is 7.66. The smallest absolute Gasteiger partial charge is 0.412 e. The van der Waals surface area contributed by atoms with Crippen molar-refractivity contribution in [2.24, 2.45) is 0 Å². The molecule has 0 atom stereocenters. The highest BCUT2D eigenvalue weighted by Crippen LogP contribution is 2.37. The molecule has 0 saturated carbocycles. The maximum absolute atomic E-state index is 12.3. The predicted molar refractivity (Wildman–Crippen MR) is 122 cm³/mol. The number of methoxy groups -OCH3 is 1. The lowest BCUT2D eigenvalue weighted by atomic mass is 10.1. The van der Waals surface area contributed by atoms with Gasteiger partial charge in [0.1, 0.15) is 11.5 Å². The Morgan fingerprint density at radius 2 is 1.90 bits per heavy atom. The van der Waals surface area contributed by atoms with Gasteiger partial charge in [0, 0.05) is 17.3 Å². The van der Waals surface area contributed by atoms with Crippen LogP contribution in [0.1, 0.15) is 43.2 Å². The summed E-state index contributed by atoms with van der Waals surface area (Å²) in [4.78, 5) is 16.6. The van der Waals surface area contributed by atoms with Crippen LogP contribution in [0.4, 0.5) is 4.79 Å². The third-order valence-corrected chi connectivity index (χ3v) is 10.1. The number of hydrogen-bond acceptors (Lipinski definition) is 5. The van der Waals surface area contributed by atoms with E-state index in [1.54, 1.807) is 19.4 Å². The van der Waals surface area contributed by atoms with Gasteiger partial charge < -0.3 is 19.2 Å². The molecule has 1 aromatic heterocycles. The molecule has 1 heterocycles. The first-order valence-electron chi connectivity index (χ1n) is 10.1. The molecule has 0 radical (unpaired) electrons. The van der Waals surface area contributed by atoms with Gasteiger partial charge in [0.15, 0.2) is 8.32 Å². The molecule has 0 aliphatic heterocycles. The molecular formula is C23H34N2O4Si. The molecule has 7 heteroatoms. The van der Waals surface area contributed by atoms with E-state index >= 15 is 0 Å². The summed E-state index contributed by atoms with van der Waals surface area (Å²) in [7, 11) is -0.214. The molecular weight excluding hydrogens is 396 g/mol. The summed E-state index contributed by atoms with van der Waals surface area (Å²) in [5, 5.41) is 2.90. The highest BCUT2D eigenvalue weighted by atomic mass is 28.4. The van der Waals surface area contributed by atoms with Gasteiger partial charge in [0.25, 0.3) is 0 Å². The summed E-state index contributed by atoms with van der Waals surface area (Å²) in [6, 6.07) is 7.44. The van der Waals surface area contributed by atoms with Crippen molar-refractivity contribution in [1.29, 1.82) is 0 Å². The second kappa shape index (κ2) is 9.62. The Morgan fingerprint density at radius 3 is 2.53 bits per heavy atom. The van der Waals surface area contributed by atoms with Crippen LogP contribution in [0.2, 0.25) is 18.1 Å². The molecule has 0 saturated heterocycles. The zero-order chi connectivity index (χ0) is 22.5. The van der Waals surface area contributed by atoms with Gasteiger partial charge in [-0.15, -0.1) is 0 Å². The summed E-state index contributed by atoms with van der Waals surface area (Å²) in [6.45, 7) is 15.7. The maximum Gasteiger partial charge on any atom is 0.412 e. The molecule has 0 aliphatic rings. The first-order valence-corrected chi connectivity index (χ1v) is 13.0. The number of aromatic nitrogens is 1. The molecule has 0 unspecified atom stereocenters. The average Bonchev–Trinajstić information content (AvgIpc) is 2.66. The van der Waals surface area contributed by atoms with Crippen LogP contribution in [-0.4, -0.2) is 26.5 Å². The van der Waals surface area contributed by atoms with E-state index < -0.39 is 14.4 Å². The molecule has 2 aromatic rings. The fraction of sp³-hybridized carbons (Fsp3) is 0.478. The van der Waals surface area contributed by atoms with Gasteiger partial charge in [-0.25, -0.2) is 4.79 Å². The topological polar surface area (TPSA) is 69.7 Å². The Balaban J connectivity index is 1.96. The predicted octanol–water partition coefficient (Wildman–Crippen LogP) is 5.52. The zero-order valence-corrected chi connectivity index (χ0v) is 20.4. The number of carbonyl (C=O) groups is 1. The van der Waals surface area contributed by atoms with Crippen LogP contribution in [0.3, 0.4) is 0 Å². The number of ether oxygens (including phenoxy) is 2. The van der Waals surface area contributed by atoms with Crippen LogP contribution in [0, 0.1) is 13.8 Å². The Labute approximate surface area is 181 Å². The third-order valence-electron chi connectivity index (χ3n) is 5.66. The van der Waals surface area contributed by atoms with Gasteiger partial charge in [-0.1, -0.05) is 32.9 Å². The van der Waals surface area contributed by atoms with Crippen molar-refractivity contribution in [1.82, 2.24) is 10.3 Å². The van der Waals surface area contributed by atoms with Crippen molar-refractivity contribution in [3.63, 3.8) is 0 Å². The standard InChI is InChI=1S/C23H34N2O4Si/c1-16-13-24-20(17(2)21(16)27-6)14-25-22(26)29-19-11-9-10-18(12-19)15-28-30(7,8)23(3,4)5/h9-13H,14-15H2,1-8H3,(H,25,26). The lowest BCUT2D eigenvalue weighted by Crippen LogP contribution is -2.40. The van der Waals surface area contributed by atoms with Crippen molar-refractivity contribution in [3.05, 3.63) is 52.8 Å². The molecule has 164 valence electrons. The normalized spacial score (nSPS) is 11.9. The lowest BCUT2D eigenvalue weighted by Gasteiger charge is -2.36. The third kappa shape index (κ3) is 6.06. The van der Waals surface area contributed by atoms with Gasteiger partial charge in [-0.3, -0.25) is 4.98 Å². The van der Waals surface area contributed by atoms with Gasteiger partial charge in [-0.05, 0) is 49.7 Å². The summed E-state index contributed by atoms with van der Waals surface area (Å²) in [6.07, 6.45) is 1.21. The first-order chi connectivity index (χ1) is 13.9. The largest absolute Gasteiger partial charge is 0.496 e. The molecule has 2 rings (SSSR count). The first kappa shape index (κ1) is 23.9. The van der Waals surface area contributed by atoms with Gasteiger partial charge in [0.05, 0.1) is 26.0 Å². The van der Waals surface area contributed by atoms with E-state index in [9.17, 15) is 4.79 Å². The number of rotatable bonds is 7. The Morgan fingerprint density at radius 1 is 1.20 bits per heavy atom. The minimum absolute atomic E-state index is 0.145. The molecule has 0 aliphatic carbocycles. The second-order valence-electron chi connectivity index (χ2n) is 8.99. The molecule has 0 spiro atoms. The maximum atomic E-state index is 12.3. The summed E-state index contributed by atoms with van der Waals surface area (Å²) in [5.41, 5.74) is 3.58. The van der Waals surface area contributed by atoms with Crippen molar-refractivity contribution >= 4 is 14.4 Å². The molecule has 0 fully saturated rings. The molecule has 1 N–H and O–H groups in total. The van der Waals surface area contributed by atoms with Crippen molar-refractivity contribution in [3.8, 4) is 11.5 Å². The fourth-order valence-electron chi connectivity index (χ4n) is 2.73. The van der Waals surface area contributed by atoms with E-state index in [1.807, 2.05) is 32.0 Å². The zero-order valence-electron chi connectivity index (χ0n) is 19.4. The molecule has 30 heavy (non-hydrogen) atoms. The highest BCUT2D eigenvalue weighted by Gasteiger charge is 2.37. The summed E-state index contributed by atoms with van der Waals surface area (Å²) in [5.74, 6) is 1.26. The number of nitrogens with one attached hydrogen (secondary N) is 1. The van der Waals surface area contributed by atoms with E-state index in [-0.39, 0.29) is 11.6 Å². The quantitative estimate of drug-likeness (QED) is 0.586. The number of hydrogen-bond donors (Lipinski definition) is 1. The van der Waals surface area contributed by atoms with Crippen LogP contribution in [0.5, 0.6) is 11.5 Å². The van der Waals surface area contributed by atoms with Crippen LogP contribution in [-0.2, 0) is 17.6 Å². The number of benzene rings is 1. The van der Waals surface area contributed by atoms with E-state index in [4.69, 9.17) is 13.9 Å². The van der Waals surface area contributed by atoms with E-state index in [1.165, 1.54) is 0 Å². The van der Waals surface area contributed by atoms with Gasteiger partial charge in [-0.2, -0.15) is 0 Å². The number of nitrogens with zero attached hydrogens (tertiary/aromatic N) is 1. The number of amides is 1. The number of carbonyl (C=O) groups excluding carboxylic acids is 1. The number of pyridine rings is 1. The van der Waals surface area contributed by atoms with Crippen molar-refractivity contribution in [2.75, 3.05) is 7.11 Å². The molecule has 0 bridgehead atoms. The molecule has 1 aromatic carbocycles. The van der Waals surface area contributed by atoms with Crippen LogP contribution >= 0.6 is 0 Å². The van der Waals surface area contributed by atoms with E-state index in [0.29, 0.717) is 12.4 Å². The monoisotopic (exact) mass is 430 g/mol. The summed E-state index contributed by atoms with van der Waals surface area (Å²) >= 11 is 0. The van der Waals surface area contributed by atoms with Gasteiger partial charge in [0.2, 0.25) is 0 Å². The minimum Gasteiger partial charge on any atom is -0.496 e. The van der Waals surface area contributed by atoms with E-state index in [0.717, 1.165) is 28.1 Å².